The lowest BCUT2D eigenvalue weighted by atomic mass is 10.1. The fourth-order valence-electron chi connectivity index (χ4n) is 3.68. The van der Waals surface area contributed by atoms with Crippen molar-refractivity contribution in [1.29, 1.82) is 0 Å². The van der Waals surface area contributed by atoms with Crippen molar-refractivity contribution in [2.24, 2.45) is 0 Å². The Kier molecular flexibility index (Phi) is 16.4. The highest BCUT2D eigenvalue weighted by Crippen LogP contribution is 2.26. The van der Waals surface area contributed by atoms with E-state index in [1.165, 1.54) is 77.7 Å². The van der Waals surface area contributed by atoms with E-state index in [4.69, 9.17) is 4.74 Å². The van der Waals surface area contributed by atoms with Gasteiger partial charge in [-0.25, -0.2) is 0 Å². The molecule has 0 unspecified atom stereocenters. The molecule has 0 fully saturated rings. The number of amides is 1. The van der Waals surface area contributed by atoms with Gasteiger partial charge in [-0.2, -0.15) is 0 Å². The Morgan fingerprint density at radius 1 is 0.935 bits per heavy atom. The second-order valence-corrected chi connectivity index (χ2v) is 8.44. The smallest absolute Gasteiger partial charge is 0.220 e. The molecule has 0 bridgehead atoms. The lowest BCUT2D eigenvalue weighted by molar-refractivity contribution is -0.121. The number of phenolic OH excluding ortho intramolecular Hbond substituents is 1. The van der Waals surface area contributed by atoms with Gasteiger partial charge in [0.25, 0.3) is 0 Å². The Morgan fingerprint density at radius 3 is 2.16 bits per heavy atom. The molecule has 1 aromatic carbocycles. The summed E-state index contributed by atoms with van der Waals surface area (Å²) in [7, 11) is 1.53. The Hall–Kier alpha value is -1.97. The maximum Gasteiger partial charge on any atom is 0.220 e. The van der Waals surface area contributed by atoms with Gasteiger partial charge < -0.3 is 15.2 Å². The molecule has 31 heavy (non-hydrogen) atoms. The van der Waals surface area contributed by atoms with Crippen LogP contribution in [-0.4, -0.2) is 24.7 Å². The molecule has 176 valence electrons. The first kappa shape index (κ1) is 27.1. The number of allylic oxidation sites excluding steroid dienone is 2. The van der Waals surface area contributed by atoms with E-state index in [1.54, 1.807) is 12.1 Å². The number of aromatic hydroxyl groups is 1. The van der Waals surface area contributed by atoms with Gasteiger partial charge in [-0.15, -0.1) is 0 Å². The minimum absolute atomic E-state index is 0.124. The summed E-state index contributed by atoms with van der Waals surface area (Å²) in [4.78, 5) is 11.9. The zero-order valence-corrected chi connectivity index (χ0v) is 20.0. The van der Waals surface area contributed by atoms with Crippen LogP contribution in [-0.2, 0) is 11.2 Å². The normalized spacial score (nSPS) is 11.2. The molecule has 0 aliphatic carbocycles. The number of methoxy groups -OCH3 is 1. The summed E-state index contributed by atoms with van der Waals surface area (Å²) in [5.74, 6) is 0.734. The molecule has 0 saturated heterocycles. The Bertz CT molecular complexity index is 612. The van der Waals surface area contributed by atoms with E-state index in [9.17, 15) is 9.90 Å². The summed E-state index contributed by atoms with van der Waals surface area (Å²) in [5.41, 5.74) is 0.987. The molecule has 0 atom stereocenters. The van der Waals surface area contributed by atoms with Crippen molar-refractivity contribution in [1.82, 2.24) is 5.32 Å². The second kappa shape index (κ2) is 18.8. The molecule has 0 aliphatic rings. The third kappa shape index (κ3) is 14.6. The average Bonchev–Trinajstić information content (AvgIpc) is 2.76. The zero-order chi connectivity index (χ0) is 22.6. The van der Waals surface area contributed by atoms with E-state index in [-0.39, 0.29) is 11.7 Å². The highest BCUT2D eigenvalue weighted by molar-refractivity contribution is 5.75. The number of ether oxygens (including phenoxy) is 1. The van der Waals surface area contributed by atoms with Crippen LogP contribution >= 0.6 is 0 Å². The van der Waals surface area contributed by atoms with Gasteiger partial charge in [0.15, 0.2) is 11.5 Å². The Balaban J connectivity index is 1.89. The van der Waals surface area contributed by atoms with Crippen LogP contribution < -0.4 is 10.1 Å². The van der Waals surface area contributed by atoms with Crippen LogP contribution in [0.25, 0.3) is 0 Å². The molecule has 4 nitrogen and oxygen atoms in total. The first-order valence-electron chi connectivity index (χ1n) is 12.4. The monoisotopic (exact) mass is 431 g/mol. The van der Waals surface area contributed by atoms with Gasteiger partial charge in [0.2, 0.25) is 5.91 Å². The van der Waals surface area contributed by atoms with Gasteiger partial charge in [-0.05, 0) is 56.2 Å². The standard InChI is InChI=1S/C27H45NO3/c1-3-4-5-6-7-8-9-10-11-12-13-14-15-16-17-18-27(30)28-22-21-24-19-20-26(31-2)25(29)23-24/h8-9,19-20,23,29H,3-7,10-18,21-22H2,1-2H3,(H,28,30)/b9-8+. The van der Waals surface area contributed by atoms with Crippen molar-refractivity contribution >= 4 is 5.91 Å². The van der Waals surface area contributed by atoms with E-state index < -0.39 is 0 Å². The van der Waals surface area contributed by atoms with Crippen LogP contribution in [0, 0.1) is 0 Å². The van der Waals surface area contributed by atoms with E-state index in [2.05, 4.69) is 24.4 Å². The van der Waals surface area contributed by atoms with E-state index in [1.807, 2.05) is 6.07 Å². The molecule has 1 amide bonds. The summed E-state index contributed by atoms with van der Waals surface area (Å²) in [6.07, 6.45) is 22.5. The molecule has 0 aliphatic heterocycles. The van der Waals surface area contributed by atoms with Crippen molar-refractivity contribution in [3.05, 3.63) is 35.9 Å². The molecular weight excluding hydrogens is 386 g/mol. The van der Waals surface area contributed by atoms with Gasteiger partial charge in [0, 0.05) is 13.0 Å². The predicted octanol–water partition coefficient (Wildman–Crippen LogP) is 7.10. The van der Waals surface area contributed by atoms with Crippen LogP contribution in [0.15, 0.2) is 30.4 Å². The molecular formula is C27H45NO3. The number of hydrogen-bond acceptors (Lipinski definition) is 3. The van der Waals surface area contributed by atoms with Gasteiger partial charge in [0.1, 0.15) is 0 Å². The molecule has 1 aromatic rings. The molecule has 0 heterocycles. The van der Waals surface area contributed by atoms with Gasteiger partial charge >= 0.3 is 0 Å². The molecule has 0 radical (unpaired) electrons. The number of carbonyl (C=O) groups is 1. The van der Waals surface area contributed by atoms with Crippen LogP contribution in [0.1, 0.15) is 102 Å². The van der Waals surface area contributed by atoms with Crippen molar-refractivity contribution in [2.45, 2.75) is 103 Å². The van der Waals surface area contributed by atoms with Crippen molar-refractivity contribution in [3.63, 3.8) is 0 Å². The summed E-state index contributed by atoms with van der Waals surface area (Å²) < 4.78 is 5.04. The van der Waals surface area contributed by atoms with E-state index >= 15 is 0 Å². The van der Waals surface area contributed by atoms with Crippen molar-refractivity contribution in [2.75, 3.05) is 13.7 Å². The Labute approximate surface area is 190 Å². The maximum atomic E-state index is 11.9. The summed E-state index contributed by atoms with van der Waals surface area (Å²) in [5, 5.41) is 12.8. The number of nitrogens with one attached hydrogen (secondary N) is 1. The lowest BCUT2D eigenvalue weighted by Gasteiger charge is -2.08. The quantitative estimate of drug-likeness (QED) is 0.181. The average molecular weight is 432 g/mol. The molecule has 2 N–H and O–H groups in total. The maximum absolute atomic E-state index is 11.9. The lowest BCUT2D eigenvalue weighted by Crippen LogP contribution is -2.25. The third-order valence-corrected chi connectivity index (χ3v) is 5.64. The summed E-state index contributed by atoms with van der Waals surface area (Å²) in [6, 6.07) is 5.35. The van der Waals surface area contributed by atoms with Crippen LogP contribution in [0.4, 0.5) is 0 Å². The van der Waals surface area contributed by atoms with Gasteiger partial charge in [0.05, 0.1) is 7.11 Å². The first-order valence-corrected chi connectivity index (χ1v) is 12.4. The minimum atomic E-state index is 0.124. The third-order valence-electron chi connectivity index (χ3n) is 5.64. The number of hydrogen-bond donors (Lipinski definition) is 2. The molecule has 0 spiro atoms. The molecule has 0 aromatic heterocycles. The van der Waals surface area contributed by atoms with Crippen LogP contribution in [0.2, 0.25) is 0 Å². The van der Waals surface area contributed by atoms with E-state index in [0.717, 1.165) is 18.4 Å². The number of unbranched alkanes of at least 4 members (excludes halogenated alkanes) is 11. The van der Waals surface area contributed by atoms with Crippen molar-refractivity contribution in [3.8, 4) is 11.5 Å². The highest BCUT2D eigenvalue weighted by atomic mass is 16.5. The Morgan fingerprint density at radius 2 is 1.55 bits per heavy atom. The topological polar surface area (TPSA) is 58.6 Å². The van der Waals surface area contributed by atoms with E-state index in [0.29, 0.717) is 25.1 Å². The fourth-order valence-corrected chi connectivity index (χ4v) is 3.68. The highest BCUT2D eigenvalue weighted by Gasteiger charge is 2.04. The first-order chi connectivity index (χ1) is 15.2. The molecule has 1 rings (SSSR count). The van der Waals surface area contributed by atoms with Crippen LogP contribution in [0.5, 0.6) is 11.5 Å². The van der Waals surface area contributed by atoms with Gasteiger partial charge in [-0.3, -0.25) is 4.79 Å². The summed E-state index contributed by atoms with van der Waals surface area (Å²) >= 11 is 0. The SMILES string of the molecule is CCCCCC/C=C/CCCCCCCCCC(=O)NCCc1ccc(OC)c(O)c1. The van der Waals surface area contributed by atoms with Gasteiger partial charge in [-0.1, -0.05) is 76.5 Å². The number of phenols is 1. The number of benzene rings is 1. The molecule has 4 heteroatoms. The van der Waals surface area contributed by atoms with Crippen LogP contribution in [0.3, 0.4) is 0 Å². The number of rotatable bonds is 19. The predicted molar refractivity (Wildman–Crippen MR) is 131 cm³/mol. The molecule has 0 saturated carbocycles. The minimum Gasteiger partial charge on any atom is -0.504 e. The van der Waals surface area contributed by atoms with Crippen molar-refractivity contribution < 1.29 is 14.6 Å². The zero-order valence-electron chi connectivity index (χ0n) is 20.0. The fraction of sp³-hybridized carbons (Fsp3) is 0.667. The largest absolute Gasteiger partial charge is 0.504 e. The number of carbonyl (C=O) groups excluding carboxylic acids is 1. The second-order valence-electron chi connectivity index (χ2n) is 8.44. The summed E-state index contributed by atoms with van der Waals surface area (Å²) in [6.45, 7) is 2.85.